The Bertz CT molecular complexity index is 447. The van der Waals surface area contributed by atoms with Crippen LogP contribution in [-0.2, 0) is 0 Å². The number of fused-ring (bicyclic) bond motifs is 1. The second kappa shape index (κ2) is 4.12. The Morgan fingerprint density at radius 2 is 2.40 bits per heavy atom. The number of hydrazone groups is 1. The van der Waals surface area contributed by atoms with Crippen LogP contribution in [0.15, 0.2) is 28.2 Å². The lowest BCUT2D eigenvalue weighted by Crippen LogP contribution is -2.26. The Morgan fingerprint density at radius 3 is 3.13 bits per heavy atom. The van der Waals surface area contributed by atoms with E-state index in [1.165, 1.54) is 0 Å². The molecule has 1 aliphatic rings. The highest BCUT2D eigenvalue weighted by Gasteiger charge is 2.18. The highest BCUT2D eigenvalue weighted by molar-refractivity contribution is 8.00. The lowest BCUT2D eigenvalue weighted by Gasteiger charge is -1.99. The zero-order valence-electron chi connectivity index (χ0n) is 7.66. The molecule has 1 heterocycles. The monoisotopic (exact) mass is 241 g/mol. The van der Waals surface area contributed by atoms with Gasteiger partial charge in [0.05, 0.1) is 5.71 Å². The first kappa shape index (κ1) is 10.3. The number of carbonyl (C=O) groups excluding carboxylic acids is 1. The summed E-state index contributed by atoms with van der Waals surface area (Å²) in [5.74, 6) is 0.718. The van der Waals surface area contributed by atoms with Crippen LogP contribution in [0.3, 0.4) is 0 Å². The van der Waals surface area contributed by atoms with Gasteiger partial charge in [0, 0.05) is 21.2 Å². The van der Waals surface area contributed by atoms with E-state index in [4.69, 9.17) is 17.3 Å². The number of nitrogens with two attached hydrogens (primary N) is 1. The number of rotatable bonds is 1. The van der Waals surface area contributed by atoms with E-state index in [0.717, 1.165) is 21.9 Å². The van der Waals surface area contributed by atoms with Crippen molar-refractivity contribution in [3.8, 4) is 0 Å². The fourth-order valence-electron chi connectivity index (χ4n) is 1.29. The number of halogens is 1. The molecule has 0 atom stereocenters. The highest BCUT2D eigenvalue weighted by Crippen LogP contribution is 2.33. The summed E-state index contributed by atoms with van der Waals surface area (Å²) in [6.45, 7) is 0. The van der Waals surface area contributed by atoms with Gasteiger partial charge in [-0.2, -0.15) is 5.10 Å². The number of primary amides is 1. The summed E-state index contributed by atoms with van der Waals surface area (Å²) >= 11 is 7.53. The van der Waals surface area contributed by atoms with E-state index >= 15 is 0 Å². The topological polar surface area (TPSA) is 67.5 Å². The van der Waals surface area contributed by atoms with E-state index in [1.807, 2.05) is 18.2 Å². The van der Waals surface area contributed by atoms with E-state index in [2.05, 4.69) is 10.5 Å². The second-order valence-electron chi connectivity index (χ2n) is 2.96. The number of nitrogens with one attached hydrogen (secondary N) is 1. The molecule has 0 unspecified atom stereocenters. The third kappa shape index (κ3) is 2.24. The molecule has 1 aromatic rings. The zero-order valence-corrected chi connectivity index (χ0v) is 9.23. The first-order valence-electron chi connectivity index (χ1n) is 4.21. The third-order valence-electron chi connectivity index (χ3n) is 1.92. The lowest BCUT2D eigenvalue weighted by molar-refractivity contribution is 0.249. The number of hydrogen-bond acceptors (Lipinski definition) is 3. The third-order valence-corrected chi connectivity index (χ3v) is 3.24. The minimum absolute atomic E-state index is 0.656. The minimum atomic E-state index is -0.664. The van der Waals surface area contributed by atoms with E-state index in [1.54, 1.807) is 11.8 Å². The number of carbonyl (C=O) groups is 1. The van der Waals surface area contributed by atoms with Crippen molar-refractivity contribution in [3.05, 3.63) is 28.8 Å². The van der Waals surface area contributed by atoms with Crippen LogP contribution in [0.4, 0.5) is 4.79 Å². The van der Waals surface area contributed by atoms with Crippen LogP contribution in [0.25, 0.3) is 0 Å². The fraction of sp³-hybridized carbons (Fsp3) is 0.111. The number of benzene rings is 1. The largest absolute Gasteiger partial charge is 0.350 e. The minimum Gasteiger partial charge on any atom is -0.350 e. The quantitative estimate of drug-likeness (QED) is 0.737. The van der Waals surface area contributed by atoms with Gasteiger partial charge in [0.2, 0.25) is 0 Å². The maximum Gasteiger partial charge on any atom is 0.332 e. The average Bonchev–Trinajstić information content (AvgIpc) is 2.57. The van der Waals surface area contributed by atoms with Crippen molar-refractivity contribution in [2.45, 2.75) is 4.90 Å². The normalized spacial score (nSPS) is 16.5. The van der Waals surface area contributed by atoms with E-state index in [-0.39, 0.29) is 0 Å². The van der Waals surface area contributed by atoms with E-state index in [9.17, 15) is 4.79 Å². The molecular weight excluding hydrogens is 234 g/mol. The van der Waals surface area contributed by atoms with Gasteiger partial charge in [-0.3, -0.25) is 0 Å². The van der Waals surface area contributed by atoms with Gasteiger partial charge in [-0.1, -0.05) is 11.6 Å². The van der Waals surface area contributed by atoms with Gasteiger partial charge in [-0.25, -0.2) is 10.2 Å². The van der Waals surface area contributed by atoms with Crippen molar-refractivity contribution in [1.29, 1.82) is 0 Å². The Balaban J connectivity index is 2.31. The van der Waals surface area contributed by atoms with Crippen molar-refractivity contribution in [2.24, 2.45) is 10.8 Å². The fourth-order valence-corrected chi connectivity index (χ4v) is 2.47. The molecule has 0 saturated carbocycles. The molecule has 0 spiro atoms. The van der Waals surface area contributed by atoms with Crippen LogP contribution >= 0.6 is 23.4 Å². The summed E-state index contributed by atoms with van der Waals surface area (Å²) in [6, 6.07) is 4.94. The molecule has 0 fully saturated rings. The molecule has 0 bridgehead atoms. The van der Waals surface area contributed by atoms with Gasteiger partial charge in [0.25, 0.3) is 0 Å². The van der Waals surface area contributed by atoms with Crippen LogP contribution < -0.4 is 11.2 Å². The molecule has 0 saturated heterocycles. The molecule has 0 radical (unpaired) electrons. The predicted molar refractivity (Wildman–Crippen MR) is 61.4 cm³/mol. The summed E-state index contributed by atoms with van der Waals surface area (Å²) in [4.78, 5) is 11.6. The molecule has 0 aliphatic carbocycles. The van der Waals surface area contributed by atoms with Crippen molar-refractivity contribution in [2.75, 3.05) is 5.75 Å². The molecule has 1 aliphatic heterocycles. The summed E-state index contributed by atoms with van der Waals surface area (Å²) in [7, 11) is 0. The van der Waals surface area contributed by atoms with Crippen LogP contribution in [-0.4, -0.2) is 17.5 Å². The molecule has 1 aromatic carbocycles. The Morgan fingerprint density at radius 1 is 1.60 bits per heavy atom. The summed E-state index contributed by atoms with van der Waals surface area (Å²) in [5.41, 5.74) is 8.90. The zero-order chi connectivity index (χ0) is 10.8. The van der Waals surface area contributed by atoms with Crippen molar-refractivity contribution in [3.63, 3.8) is 0 Å². The van der Waals surface area contributed by atoms with Crippen molar-refractivity contribution < 1.29 is 4.79 Å². The first-order chi connectivity index (χ1) is 7.16. The molecule has 78 valence electrons. The number of nitrogens with zero attached hydrogens (tertiary/aromatic N) is 1. The van der Waals surface area contributed by atoms with Gasteiger partial charge in [-0.05, 0) is 18.2 Å². The maximum absolute atomic E-state index is 10.5. The van der Waals surface area contributed by atoms with Gasteiger partial charge in [0.15, 0.2) is 0 Å². The molecular formula is C9H8ClN3OS. The first-order valence-corrected chi connectivity index (χ1v) is 5.58. The number of amides is 2. The summed E-state index contributed by atoms with van der Waals surface area (Å²) < 4.78 is 0. The van der Waals surface area contributed by atoms with Gasteiger partial charge in [0.1, 0.15) is 0 Å². The van der Waals surface area contributed by atoms with Crippen molar-refractivity contribution in [1.82, 2.24) is 5.43 Å². The number of hydrogen-bond donors (Lipinski definition) is 2. The number of urea groups is 1. The van der Waals surface area contributed by atoms with Gasteiger partial charge in [-0.15, -0.1) is 11.8 Å². The molecule has 4 nitrogen and oxygen atoms in total. The van der Waals surface area contributed by atoms with Crippen LogP contribution in [0.5, 0.6) is 0 Å². The number of thioether (sulfide) groups is 1. The maximum atomic E-state index is 10.5. The Labute approximate surface area is 95.9 Å². The highest BCUT2D eigenvalue weighted by atomic mass is 35.5. The van der Waals surface area contributed by atoms with Gasteiger partial charge < -0.3 is 5.73 Å². The van der Waals surface area contributed by atoms with Crippen LogP contribution in [0.1, 0.15) is 5.56 Å². The second-order valence-corrected chi connectivity index (χ2v) is 4.42. The lowest BCUT2D eigenvalue weighted by atomic mass is 10.1. The SMILES string of the molecule is NC(=O)N/N=C1/CSc2ccc(Cl)cc21. The van der Waals surface area contributed by atoms with Crippen LogP contribution in [0, 0.1) is 0 Å². The summed E-state index contributed by atoms with van der Waals surface area (Å²) in [5, 5.41) is 4.57. The molecule has 6 heteroatoms. The molecule has 0 aromatic heterocycles. The average molecular weight is 242 g/mol. The standard InChI is InChI=1S/C9H8ClN3OS/c10-5-1-2-8-6(3-5)7(4-15-8)12-13-9(11)14/h1-3H,4H2,(H3,11,13,14)/b12-7-. The predicted octanol–water partition coefficient (Wildman–Crippen LogP) is 1.82. The molecule has 3 N–H and O–H groups in total. The van der Waals surface area contributed by atoms with E-state index < -0.39 is 6.03 Å². The van der Waals surface area contributed by atoms with E-state index in [0.29, 0.717) is 5.02 Å². The molecule has 2 amide bonds. The molecule has 15 heavy (non-hydrogen) atoms. The molecule has 2 rings (SSSR count). The van der Waals surface area contributed by atoms with Crippen molar-refractivity contribution >= 4 is 35.1 Å². The smallest absolute Gasteiger partial charge is 0.332 e. The Kier molecular flexibility index (Phi) is 2.83. The summed E-state index contributed by atoms with van der Waals surface area (Å²) in [6.07, 6.45) is 0. The van der Waals surface area contributed by atoms with Gasteiger partial charge >= 0.3 is 6.03 Å². The van der Waals surface area contributed by atoms with Crippen LogP contribution in [0.2, 0.25) is 5.02 Å². The Hall–Kier alpha value is -1.20.